The molecule has 2 heterocycles. The molecule has 7 aromatic rings. The summed E-state index contributed by atoms with van der Waals surface area (Å²) in [6, 6.07) is 37.5. The number of fused-ring (bicyclic) bond motifs is 1. The van der Waals surface area contributed by atoms with Crippen molar-refractivity contribution in [3.63, 3.8) is 0 Å². The van der Waals surface area contributed by atoms with Gasteiger partial charge in [0.05, 0.1) is 28.9 Å². The highest BCUT2D eigenvalue weighted by molar-refractivity contribution is 5.92. The summed E-state index contributed by atoms with van der Waals surface area (Å²) in [5.74, 6) is -5.86. The molecular weight excluding hydrogens is 881 g/mol. The van der Waals surface area contributed by atoms with E-state index in [9.17, 15) is 39.3 Å². The molecule has 0 amide bonds. The van der Waals surface area contributed by atoms with E-state index in [0.29, 0.717) is 6.42 Å². The van der Waals surface area contributed by atoms with Crippen LogP contribution in [-0.2, 0) is 23.7 Å². The first kappa shape index (κ1) is 45.9. The summed E-state index contributed by atoms with van der Waals surface area (Å²) in [7, 11) is 0. The van der Waals surface area contributed by atoms with E-state index in [4.69, 9.17) is 37.6 Å². The molecule has 1 aromatic heterocycles. The summed E-state index contributed by atoms with van der Waals surface area (Å²) < 4.78 is 48.9. The molecule has 16 nitrogen and oxygen atoms in total. The third kappa shape index (κ3) is 10.2. The quantitative estimate of drug-likeness (QED) is 0.0503. The molecule has 68 heavy (non-hydrogen) atoms. The average molecular weight is 923 g/mol. The Bertz CT molecular complexity index is 2980. The third-order valence-corrected chi connectivity index (χ3v) is 10.6. The number of carbonyl (C=O) groups excluding carboxylic acids is 4. The number of rotatable bonds is 15. The van der Waals surface area contributed by atoms with E-state index in [2.05, 4.69) is 0 Å². The maximum atomic E-state index is 14.1. The largest absolute Gasteiger partial charge is 0.507 e. The van der Waals surface area contributed by atoms with Gasteiger partial charge in [0, 0.05) is 17.7 Å². The van der Waals surface area contributed by atoms with Crippen LogP contribution in [0, 0.1) is 0 Å². The van der Waals surface area contributed by atoms with E-state index in [1.54, 1.807) is 72.8 Å². The summed E-state index contributed by atoms with van der Waals surface area (Å²) in [6.45, 7) is 1.26. The standard InChI is InChI=1S/C52H42O16/c1-2-25-61-45-42(56)41-38(55)27-35(28-39(41)64-43(45)34-23-24-36(53)37(54)26-34)63-52-47(68-51(60)33-21-13-6-14-22-33)46(67-50(59)32-19-11-5-12-20-32)44(66-49(58)31-17-9-4-10-18-31)40(65-52)29-62-48(57)30-15-7-3-8-16-30/h3-24,26-28,40,44,46-47,52-55H,2,25,29H2,1H3/t40-,44-,46+,47-,52-/m1/s1. The van der Waals surface area contributed by atoms with Crippen molar-refractivity contribution in [3.05, 3.63) is 184 Å². The molecule has 8 rings (SSSR count). The van der Waals surface area contributed by atoms with Crippen LogP contribution in [0.2, 0.25) is 0 Å². The lowest BCUT2D eigenvalue weighted by molar-refractivity contribution is -0.275. The minimum atomic E-state index is -1.83. The summed E-state index contributed by atoms with van der Waals surface area (Å²) in [5.41, 5.74) is -0.503. The predicted octanol–water partition coefficient (Wildman–Crippen LogP) is 8.00. The van der Waals surface area contributed by atoms with Gasteiger partial charge >= 0.3 is 23.9 Å². The molecule has 0 aliphatic carbocycles. The van der Waals surface area contributed by atoms with Crippen LogP contribution in [0.4, 0.5) is 0 Å². The Morgan fingerprint density at radius 1 is 0.574 bits per heavy atom. The zero-order valence-corrected chi connectivity index (χ0v) is 36.1. The van der Waals surface area contributed by atoms with Gasteiger partial charge in [0.2, 0.25) is 23.6 Å². The van der Waals surface area contributed by atoms with Crippen LogP contribution in [0.15, 0.2) is 161 Å². The summed E-state index contributed by atoms with van der Waals surface area (Å²) in [4.78, 5) is 69.4. The van der Waals surface area contributed by atoms with Crippen LogP contribution in [-0.4, -0.2) is 83.1 Å². The Kier molecular flexibility index (Phi) is 14.0. The molecule has 0 unspecified atom stereocenters. The molecule has 1 saturated heterocycles. The van der Waals surface area contributed by atoms with Crippen molar-refractivity contribution in [1.82, 2.24) is 0 Å². The van der Waals surface area contributed by atoms with Gasteiger partial charge in [-0.2, -0.15) is 0 Å². The molecule has 1 aliphatic heterocycles. The van der Waals surface area contributed by atoms with Crippen molar-refractivity contribution in [1.29, 1.82) is 0 Å². The molecule has 0 radical (unpaired) electrons. The number of esters is 4. The van der Waals surface area contributed by atoms with Gasteiger partial charge in [-0.3, -0.25) is 4.79 Å². The number of hydrogen-bond donors (Lipinski definition) is 3. The lowest BCUT2D eigenvalue weighted by Gasteiger charge is -2.44. The number of phenolic OH excluding ortho intramolecular Hbond substituents is 3. The van der Waals surface area contributed by atoms with Crippen molar-refractivity contribution < 1.29 is 72.1 Å². The van der Waals surface area contributed by atoms with Crippen LogP contribution in [0.1, 0.15) is 54.8 Å². The van der Waals surface area contributed by atoms with Crippen LogP contribution >= 0.6 is 0 Å². The first-order valence-corrected chi connectivity index (χ1v) is 21.3. The number of hydrogen-bond acceptors (Lipinski definition) is 16. The number of aromatic hydroxyl groups is 3. The fourth-order valence-corrected chi connectivity index (χ4v) is 7.27. The number of benzene rings is 6. The van der Waals surface area contributed by atoms with Gasteiger partial charge in [0.25, 0.3) is 0 Å². The molecule has 6 aromatic carbocycles. The second-order valence-electron chi connectivity index (χ2n) is 15.3. The van der Waals surface area contributed by atoms with Gasteiger partial charge in [-0.15, -0.1) is 0 Å². The molecule has 0 saturated carbocycles. The number of phenols is 3. The van der Waals surface area contributed by atoms with Gasteiger partial charge in [-0.05, 0) is 73.2 Å². The third-order valence-electron chi connectivity index (χ3n) is 10.6. The molecule has 16 heteroatoms. The Hall–Kier alpha value is -8.63. The normalized spacial score (nSPS) is 17.6. The van der Waals surface area contributed by atoms with Crippen molar-refractivity contribution in [3.8, 4) is 40.1 Å². The molecule has 3 N–H and O–H groups in total. The lowest BCUT2D eigenvalue weighted by Crippen LogP contribution is -2.63. The fraction of sp³-hybridized carbons (Fsp3) is 0.173. The topological polar surface area (TPSA) is 224 Å². The second kappa shape index (κ2) is 20.7. The molecular formula is C52H42O16. The van der Waals surface area contributed by atoms with Crippen LogP contribution < -0.4 is 14.9 Å². The molecule has 5 atom stereocenters. The van der Waals surface area contributed by atoms with E-state index in [1.165, 1.54) is 66.7 Å². The average Bonchev–Trinajstić information content (AvgIpc) is 3.36. The van der Waals surface area contributed by atoms with Crippen LogP contribution in [0.3, 0.4) is 0 Å². The minimum absolute atomic E-state index is 0.0650. The molecule has 1 aliphatic rings. The molecule has 0 spiro atoms. The zero-order valence-electron chi connectivity index (χ0n) is 36.1. The van der Waals surface area contributed by atoms with E-state index < -0.39 is 83.9 Å². The first-order chi connectivity index (χ1) is 33.0. The second-order valence-corrected chi connectivity index (χ2v) is 15.3. The number of ether oxygens (including phenoxy) is 7. The van der Waals surface area contributed by atoms with Crippen molar-refractivity contribution in [2.24, 2.45) is 0 Å². The summed E-state index contributed by atoms with van der Waals surface area (Å²) in [6.07, 6.45) is -8.07. The lowest BCUT2D eigenvalue weighted by atomic mass is 9.97. The highest BCUT2D eigenvalue weighted by atomic mass is 16.7. The van der Waals surface area contributed by atoms with E-state index in [1.807, 2.05) is 6.92 Å². The van der Waals surface area contributed by atoms with Crippen LogP contribution in [0.25, 0.3) is 22.3 Å². The van der Waals surface area contributed by atoms with Crippen molar-refractivity contribution in [2.75, 3.05) is 13.2 Å². The number of carbonyl (C=O) groups is 4. The minimum Gasteiger partial charge on any atom is -0.507 e. The summed E-state index contributed by atoms with van der Waals surface area (Å²) in [5, 5.41) is 31.5. The van der Waals surface area contributed by atoms with E-state index >= 15 is 0 Å². The predicted molar refractivity (Wildman–Crippen MR) is 242 cm³/mol. The maximum Gasteiger partial charge on any atom is 0.338 e. The SMILES string of the molecule is CCCOc1c(-c2ccc(O)c(O)c2)oc2cc(O[C@@H]3O[C@H](COC(=O)c4ccccc4)[C@@H](OC(=O)c4ccccc4)[C@H](OC(=O)c4ccccc4)[C@H]3OC(=O)c3ccccc3)cc(O)c2c1=O. The van der Waals surface area contributed by atoms with E-state index in [0.717, 1.165) is 12.1 Å². The highest BCUT2D eigenvalue weighted by Gasteiger charge is 2.54. The Morgan fingerprint density at radius 2 is 1.09 bits per heavy atom. The monoisotopic (exact) mass is 922 g/mol. The van der Waals surface area contributed by atoms with Gasteiger partial charge in [-0.25, -0.2) is 19.2 Å². The Balaban J connectivity index is 1.26. The maximum absolute atomic E-state index is 14.1. The Morgan fingerprint density at radius 3 is 1.62 bits per heavy atom. The smallest absolute Gasteiger partial charge is 0.338 e. The van der Waals surface area contributed by atoms with Crippen LogP contribution in [0.5, 0.6) is 28.7 Å². The fourth-order valence-electron chi connectivity index (χ4n) is 7.27. The van der Waals surface area contributed by atoms with Gasteiger partial charge in [0.1, 0.15) is 35.2 Å². The van der Waals surface area contributed by atoms with Crippen molar-refractivity contribution >= 4 is 34.8 Å². The Labute approximate surface area is 387 Å². The van der Waals surface area contributed by atoms with Gasteiger partial charge in [-0.1, -0.05) is 79.7 Å². The van der Waals surface area contributed by atoms with E-state index in [-0.39, 0.29) is 62.7 Å². The summed E-state index contributed by atoms with van der Waals surface area (Å²) >= 11 is 0. The van der Waals surface area contributed by atoms with Crippen molar-refractivity contribution in [2.45, 2.75) is 44.1 Å². The first-order valence-electron chi connectivity index (χ1n) is 21.3. The zero-order chi connectivity index (χ0) is 47.7. The van der Waals surface area contributed by atoms with Gasteiger partial charge < -0.3 is 52.9 Å². The molecule has 1 fully saturated rings. The molecule has 346 valence electrons. The van der Waals surface area contributed by atoms with Gasteiger partial charge in [0.15, 0.2) is 29.5 Å². The highest BCUT2D eigenvalue weighted by Crippen LogP contribution is 2.40. The molecule has 0 bridgehead atoms.